The van der Waals surface area contributed by atoms with Gasteiger partial charge >= 0.3 is 5.97 Å². The van der Waals surface area contributed by atoms with Crippen LogP contribution >= 0.6 is 0 Å². The third-order valence-corrected chi connectivity index (χ3v) is 2.21. The van der Waals surface area contributed by atoms with Gasteiger partial charge in [0.1, 0.15) is 5.75 Å². The molecule has 1 aromatic rings. The first-order chi connectivity index (χ1) is 7.63. The molecule has 4 heteroatoms. The maximum atomic E-state index is 11.2. The van der Waals surface area contributed by atoms with Crippen LogP contribution in [0.4, 0.5) is 0 Å². The summed E-state index contributed by atoms with van der Waals surface area (Å²) in [6, 6.07) is 6.64. The molecule has 0 aromatic heterocycles. The molecular formula is C12H17NO3. The number of phenolic OH excluding ortho intramolecular Hbond substituents is 1. The van der Waals surface area contributed by atoms with E-state index in [0.717, 1.165) is 5.56 Å². The van der Waals surface area contributed by atoms with Crippen LogP contribution in [0.5, 0.6) is 5.75 Å². The molecule has 0 fully saturated rings. The fourth-order valence-electron chi connectivity index (χ4n) is 1.47. The Hall–Kier alpha value is -1.55. The van der Waals surface area contributed by atoms with Gasteiger partial charge in [0.15, 0.2) is 0 Å². The maximum absolute atomic E-state index is 11.2. The minimum Gasteiger partial charge on any atom is -0.508 e. The zero-order chi connectivity index (χ0) is 12.0. The van der Waals surface area contributed by atoms with Crippen LogP contribution in [0.1, 0.15) is 18.9 Å². The van der Waals surface area contributed by atoms with Crippen molar-refractivity contribution < 1.29 is 14.6 Å². The molecule has 1 rings (SSSR count). The van der Waals surface area contributed by atoms with Gasteiger partial charge in [-0.1, -0.05) is 18.2 Å². The third kappa shape index (κ3) is 3.90. The molecule has 0 saturated heterocycles. The second-order valence-corrected chi connectivity index (χ2v) is 3.60. The van der Waals surface area contributed by atoms with Crippen LogP contribution in [-0.4, -0.2) is 23.7 Å². The average Bonchev–Trinajstić information content (AvgIpc) is 2.21. The number of ether oxygens (including phenoxy) is 1. The minimum absolute atomic E-state index is 0.169. The Bertz CT molecular complexity index is 352. The normalized spacial score (nSPS) is 12.1. The van der Waals surface area contributed by atoms with Crippen LogP contribution in [0.15, 0.2) is 24.3 Å². The van der Waals surface area contributed by atoms with Crippen molar-refractivity contribution >= 4 is 5.97 Å². The number of benzene rings is 1. The molecule has 16 heavy (non-hydrogen) atoms. The van der Waals surface area contributed by atoms with Crippen molar-refractivity contribution in [1.29, 1.82) is 0 Å². The SMILES string of the molecule is CCOC(=O)CC(N)Cc1ccccc1O. The van der Waals surface area contributed by atoms with E-state index in [2.05, 4.69) is 0 Å². The number of aromatic hydroxyl groups is 1. The first kappa shape index (κ1) is 12.5. The van der Waals surface area contributed by atoms with Crippen molar-refractivity contribution in [2.24, 2.45) is 5.73 Å². The van der Waals surface area contributed by atoms with Crippen molar-refractivity contribution in [3.8, 4) is 5.75 Å². The summed E-state index contributed by atoms with van der Waals surface area (Å²) >= 11 is 0. The first-order valence-electron chi connectivity index (χ1n) is 5.31. The topological polar surface area (TPSA) is 72.5 Å². The van der Waals surface area contributed by atoms with Gasteiger partial charge in [-0.2, -0.15) is 0 Å². The van der Waals surface area contributed by atoms with E-state index in [-0.39, 0.29) is 24.2 Å². The van der Waals surface area contributed by atoms with Crippen LogP contribution in [-0.2, 0) is 16.0 Å². The fourth-order valence-corrected chi connectivity index (χ4v) is 1.47. The summed E-state index contributed by atoms with van der Waals surface area (Å²) in [5.74, 6) is -0.0905. The van der Waals surface area contributed by atoms with Gasteiger partial charge in [0.2, 0.25) is 0 Å². The van der Waals surface area contributed by atoms with E-state index >= 15 is 0 Å². The van der Waals surface area contributed by atoms with Crippen molar-refractivity contribution in [2.75, 3.05) is 6.61 Å². The van der Waals surface area contributed by atoms with Gasteiger partial charge in [-0.25, -0.2) is 0 Å². The Morgan fingerprint density at radius 2 is 2.19 bits per heavy atom. The molecular weight excluding hydrogens is 206 g/mol. The molecule has 4 nitrogen and oxygen atoms in total. The molecule has 88 valence electrons. The number of phenols is 1. The summed E-state index contributed by atoms with van der Waals surface area (Å²) in [4.78, 5) is 11.2. The Morgan fingerprint density at radius 1 is 1.50 bits per heavy atom. The minimum atomic E-state index is -0.327. The number of nitrogens with two attached hydrogens (primary N) is 1. The maximum Gasteiger partial charge on any atom is 0.307 e. The van der Waals surface area contributed by atoms with Gasteiger partial charge < -0.3 is 15.6 Å². The Kier molecular flexibility index (Phi) is 4.79. The van der Waals surface area contributed by atoms with Crippen LogP contribution in [0, 0.1) is 0 Å². The van der Waals surface area contributed by atoms with Gasteiger partial charge in [0, 0.05) is 6.04 Å². The Morgan fingerprint density at radius 3 is 2.81 bits per heavy atom. The van der Waals surface area contributed by atoms with Gasteiger partial charge in [0.25, 0.3) is 0 Å². The van der Waals surface area contributed by atoms with Crippen LogP contribution < -0.4 is 5.73 Å². The predicted molar refractivity (Wildman–Crippen MR) is 61.0 cm³/mol. The highest BCUT2D eigenvalue weighted by Crippen LogP contribution is 2.17. The van der Waals surface area contributed by atoms with Crippen molar-refractivity contribution in [2.45, 2.75) is 25.8 Å². The summed E-state index contributed by atoms with van der Waals surface area (Å²) in [5.41, 5.74) is 6.54. The largest absolute Gasteiger partial charge is 0.508 e. The summed E-state index contributed by atoms with van der Waals surface area (Å²) in [5, 5.41) is 9.53. The lowest BCUT2D eigenvalue weighted by Gasteiger charge is -2.11. The van der Waals surface area contributed by atoms with Crippen molar-refractivity contribution in [3.63, 3.8) is 0 Å². The van der Waals surface area contributed by atoms with E-state index in [9.17, 15) is 9.90 Å². The second-order valence-electron chi connectivity index (χ2n) is 3.60. The zero-order valence-corrected chi connectivity index (χ0v) is 9.35. The van der Waals surface area contributed by atoms with Crippen LogP contribution in [0.25, 0.3) is 0 Å². The van der Waals surface area contributed by atoms with E-state index in [1.54, 1.807) is 25.1 Å². The highest BCUT2D eigenvalue weighted by atomic mass is 16.5. The van der Waals surface area contributed by atoms with E-state index in [4.69, 9.17) is 10.5 Å². The molecule has 0 aliphatic rings. The molecule has 1 unspecified atom stereocenters. The number of para-hydroxylation sites is 1. The van der Waals surface area contributed by atoms with E-state index in [1.807, 2.05) is 6.07 Å². The summed E-state index contributed by atoms with van der Waals surface area (Å²) in [7, 11) is 0. The average molecular weight is 223 g/mol. The molecule has 0 bridgehead atoms. The standard InChI is InChI=1S/C12H17NO3/c1-2-16-12(15)8-10(13)7-9-5-3-4-6-11(9)14/h3-6,10,14H,2,7-8,13H2,1H3. The monoisotopic (exact) mass is 223 g/mol. The smallest absolute Gasteiger partial charge is 0.307 e. The van der Waals surface area contributed by atoms with E-state index < -0.39 is 0 Å². The number of hydrogen-bond donors (Lipinski definition) is 2. The summed E-state index contributed by atoms with van der Waals surface area (Å²) in [6.45, 7) is 2.12. The number of carbonyl (C=O) groups excluding carboxylic acids is 1. The number of esters is 1. The van der Waals surface area contributed by atoms with E-state index in [1.165, 1.54) is 0 Å². The molecule has 0 saturated carbocycles. The van der Waals surface area contributed by atoms with Crippen molar-refractivity contribution in [1.82, 2.24) is 0 Å². The molecule has 1 aromatic carbocycles. The number of rotatable bonds is 5. The molecule has 0 amide bonds. The number of hydrogen-bond acceptors (Lipinski definition) is 4. The first-order valence-corrected chi connectivity index (χ1v) is 5.31. The lowest BCUT2D eigenvalue weighted by atomic mass is 10.0. The summed E-state index contributed by atoms with van der Waals surface area (Å²) in [6.07, 6.45) is 0.633. The summed E-state index contributed by atoms with van der Waals surface area (Å²) < 4.78 is 4.80. The molecule has 0 radical (unpaired) electrons. The van der Waals surface area contributed by atoms with Crippen LogP contribution in [0.2, 0.25) is 0 Å². The fraction of sp³-hybridized carbons (Fsp3) is 0.417. The third-order valence-electron chi connectivity index (χ3n) is 2.21. The second kappa shape index (κ2) is 6.12. The lowest BCUT2D eigenvalue weighted by molar-refractivity contribution is -0.143. The Labute approximate surface area is 95.0 Å². The zero-order valence-electron chi connectivity index (χ0n) is 9.35. The van der Waals surface area contributed by atoms with Crippen molar-refractivity contribution in [3.05, 3.63) is 29.8 Å². The van der Waals surface area contributed by atoms with E-state index in [0.29, 0.717) is 13.0 Å². The highest BCUT2D eigenvalue weighted by Gasteiger charge is 2.12. The highest BCUT2D eigenvalue weighted by molar-refractivity contribution is 5.70. The van der Waals surface area contributed by atoms with Gasteiger partial charge in [-0.3, -0.25) is 4.79 Å². The lowest BCUT2D eigenvalue weighted by Crippen LogP contribution is -2.27. The molecule has 0 aliphatic heterocycles. The van der Waals surface area contributed by atoms with Crippen LogP contribution in [0.3, 0.4) is 0 Å². The Balaban J connectivity index is 2.48. The van der Waals surface area contributed by atoms with Gasteiger partial charge in [-0.15, -0.1) is 0 Å². The molecule has 1 atom stereocenters. The molecule has 0 heterocycles. The molecule has 3 N–H and O–H groups in total. The van der Waals surface area contributed by atoms with Gasteiger partial charge in [0.05, 0.1) is 13.0 Å². The predicted octanol–water partition coefficient (Wildman–Crippen LogP) is 1.22. The number of carbonyl (C=O) groups is 1. The van der Waals surface area contributed by atoms with Gasteiger partial charge in [-0.05, 0) is 25.0 Å². The molecule has 0 spiro atoms. The molecule has 0 aliphatic carbocycles. The quantitative estimate of drug-likeness (QED) is 0.736.